The molecule has 1 rings (SSSR count). The summed E-state index contributed by atoms with van der Waals surface area (Å²) in [6, 6.07) is 10.3. The molecule has 4 heteroatoms. The minimum absolute atomic E-state index is 0.0465. The molecule has 0 fully saturated rings. The number of amides is 1. The molecule has 0 aromatic heterocycles. The maximum absolute atomic E-state index is 11.1. The van der Waals surface area contributed by atoms with E-state index >= 15 is 0 Å². The molecule has 0 heterocycles. The molecule has 4 nitrogen and oxygen atoms in total. The number of ether oxygens (including phenoxy) is 1. The van der Waals surface area contributed by atoms with Gasteiger partial charge in [-0.25, -0.2) is 0 Å². The lowest BCUT2D eigenvalue weighted by atomic mass is 10.2. The van der Waals surface area contributed by atoms with Gasteiger partial charge in [-0.1, -0.05) is 30.3 Å². The van der Waals surface area contributed by atoms with Gasteiger partial charge in [-0.05, 0) is 25.5 Å². The van der Waals surface area contributed by atoms with Crippen molar-refractivity contribution in [2.75, 3.05) is 26.3 Å². The van der Waals surface area contributed by atoms with Crippen molar-refractivity contribution in [3.63, 3.8) is 0 Å². The van der Waals surface area contributed by atoms with Gasteiger partial charge in [0.15, 0.2) is 0 Å². The van der Waals surface area contributed by atoms with Crippen LogP contribution in [0.2, 0.25) is 0 Å². The van der Waals surface area contributed by atoms with E-state index in [4.69, 9.17) is 4.74 Å². The highest BCUT2D eigenvalue weighted by Gasteiger charge is 1.98. The van der Waals surface area contributed by atoms with E-state index in [1.807, 2.05) is 25.1 Å². The Kier molecular flexibility index (Phi) is 7.84. The second-order valence-corrected chi connectivity index (χ2v) is 4.02. The number of benzene rings is 1. The van der Waals surface area contributed by atoms with E-state index in [-0.39, 0.29) is 12.5 Å². The Balaban J connectivity index is 1.92. The second-order valence-electron chi connectivity index (χ2n) is 4.02. The number of likely N-dealkylation sites (N-methyl/N-ethyl adjacent to an activating group) is 1. The van der Waals surface area contributed by atoms with Crippen LogP contribution in [0, 0.1) is 0 Å². The van der Waals surface area contributed by atoms with Crippen molar-refractivity contribution in [3.05, 3.63) is 35.9 Å². The molecule has 0 saturated carbocycles. The first kappa shape index (κ1) is 14.7. The van der Waals surface area contributed by atoms with E-state index in [1.165, 1.54) is 5.56 Å². The third kappa shape index (κ3) is 7.04. The average Bonchev–Trinajstić information content (AvgIpc) is 2.39. The Hall–Kier alpha value is -1.39. The summed E-state index contributed by atoms with van der Waals surface area (Å²) < 4.78 is 5.25. The highest BCUT2D eigenvalue weighted by atomic mass is 16.5. The van der Waals surface area contributed by atoms with Crippen LogP contribution in [0.4, 0.5) is 0 Å². The molecule has 0 unspecified atom stereocenters. The van der Waals surface area contributed by atoms with Crippen LogP contribution in [0.25, 0.3) is 0 Å². The lowest BCUT2D eigenvalue weighted by molar-refractivity contribution is -0.125. The SMILES string of the molecule is CCNC(=O)COCCCNCc1ccccc1. The molecule has 0 saturated heterocycles. The monoisotopic (exact) mass is 250 g/mol. The molecule has 18 heavy (non-hydrogen) atoms. The van der Waals surface area contributed by atoms with Gasteiger partial charge in [-0.3, -0.25) is 4.79 Å². The molecule has 100 valence electrons. The first-order valence-corrected chi connectivity index (χ1v) is 6.42. The van der Waals surface area contributed by atoms with Gasteiger partial charge >= 0.3 is 0 Å². The second kappa shape index (κ2) is 9.62. The van der Waals surface area contributed by atoms with Crippen molar-refractivity contribution >= 4 is 5.91 Å². The van der Waals surface area contributed by atoms with E-state index in [2.05, 4.69) is 22.8 Å². The summed E-state index contributed by atoms with van der Waals surface area (Å²) in [6.07, 6.45) is 0.909. The van der Waals surface area contributed by atoms with Gasteiger partial charge in [0.25, 0.3) is 0 Å². The summed E-state index contributed by atoms with van der Waals surface area (Å²) in [5.74, 6) is -0.0465. The number of carbonyl (C=O) groups excluding carboxylic acids is 1. The molecule has 0 aliphatic carbocycles. The Morgan fingerprint density at radius 3 is 2.78 bits per heavy atom. The largest absolute Gasteiger partial charge is 0.372 e. The number of carbonyl (C=O) groups is 1. The summed E-state index contributed by atoms with van der Waals surface area (Å²) in [5.41, 5.74) is 1.28. The van der Waals surface area contributed by atoms with Crippen LogP contribution in [0.3, 0.4) is 0 Å². The smallest absolute Gasteiger partial charge is 0.245 e. The normalized spacial score (nSPS) is 10.3. The third-order valence-electron chi connectivity index (χ3n) is 2.42. The van der Waals surface area contributed by atoms with Crippen molar-refractivity contribution in [1.82, 2.24) is 10.6 Å². The molecule has 0 radical (unpaired) electrons. The highest BCUT2D eigenvalue weighted by molar-refractivity contribution is 5.77. The standard InChI is InChI=1S/C14H22N2O2/c1-2-16-14(17)12-18-10-6-9-15-11-13-7-4-3-5-8-13/h3-5,7-8,15H,2,6,9-12H2,1H3,(H,16,17). The van der Waals surface area contributed by atoms with Crippen molar-refractivity contribution in [1.29, 1.82) is 0 Å². The van der Waals surface area contributed by atoms with Gasteiger partial charge in [0.1, 0.15) is 6.61 Å². The van der Waals surface area contributed by atoms with E-state index in [0.717, 1.165) is 19.5 Å². The fraction of sp³-hybridized carbons (Fsp3) is 0.500. The van der Waals surface area contributed by atoms with Crippen molar-refractivity contribution in [2.24, 2.45) is 0 Å². The fourth-order valence-corrected chi connectivity index (χ4v) is 1.54. The van der Waals surface area contributed by atoms with Crippen LogP contribution < -0.4 is 10.6 Å². The third-order valence-corrected chi connectivity index (χ3v) is 2.42. The average molecular weight is 250 g/mol. The van der Waals surface area contributed by atoms with Crippen LogP contribution in [-0.4, -0.2) is 32.2 Å². The molecule has 0 aliphatic rings. The topological polar surface area (TPSA) is 50.4 Å². The van der Waals surface area contributed by atoms with Crippen LogP contribution in [0.5, 0.6) is 0 Å². The van der Waals surface area contributed by atoms with Gasteiger partial charge in [0.05, 0.1) is 0 Å². The lowest BCUT2D eigenvalue weighted by Crippen LogP contribution is -2.27. The Morgan fingerprint density at radius 1 is 1.28 bits per heavy atom. The molecule has 0 aliphatic heterocycles. The van der Waals surface area contributed by atoms with Crippen LogP contribution in [0.15, 0.2) is 30.3 Å². The van der Waals surface area contributed by atoms with E-state index in [1.54, 1.807) is 0 Å². The van der Waals surface area contributed by atoms with E-state index in [0.29, 0.717) is 13.2 Å². The van der Waals surface area contributed by atoms with Crippen molar-refractivity contribution in [3.8, 4) is 0 Å². The summed E-state index contributed by atoms with van der Waals surface area (Å²) in [4.78, 5) is 11.1. The van der Waals surface area contributed by atoms with Crippen LogP contribution >= 0.6 is 0 Å². The van der Waals surface area contributed by atoms with Gasteiger partial charge in [0.2, 0.25) is 5.91 Å². The Bertz CT molecular complexity index is 328. The van der Waals surface area contributed by atoms with Gasteiger partial charge in [0, 0.05) is 19.7 Å². The van der Waals surface area contributed by atoms with Crippen molar-refractivity contribution in [2.45, 2.75) is 19.9 Å². The van der Waals surface area contributed by atoms with Crippen LogP contribution in [-0.2, 0) is 16.1 Å². The van der Waals surface area contributed by atoms with Gasteiger partial charge in [-0.15, -0.1) is 0 Å². The number of hydrogen-bond acceptors (Lipinski definition) is 3. The Labute approximate surface area is 109 Å². The van der Waals surface area contributed by atoms with E-state index < -0.39 is 0 Å². The maximum atomic E-state index is 11.1. The first-order chi connectivity index (χ1) is 8.83. The molecule has 0 atom stereocenters. The zero-order valence-electron chi connectivity index (χ0n) is 10.9. The minimum atomic E-state index is -0.0465. The highest BCUT2D eigenvalue weighted by Crippen LogP contribution is 1.96. The number of rotatable bonds is 9. The van der Waals surface area contributed by atoms with Crippen LogP contribution in [0.1, 0.15) is 18.9 Å². The summed E-state index contributed by atoms with van der Waals surface area (Å²) in [5, 5.41) is 6.02. The predicted octanol–water partition coefficient (Wildman–Crippen LogP) is 1.32. The lowest BCUT2D eigenvalue weighted by Gasteiger charge is -2.06. The van der Waals surface area contributed by atoms with Gasteiger partial charge in [-0.2, -0.15) is 0 Å². The first-order valence-electron chi connectivity index (χ1n) is 6.42. The molecule has 2 N–H and O–H groups in total. The molecule has 1 aromatic rings. The summed E-state index contributed by atoms with van der Waals surface area (Å²) in [6.45, 7) is 5.08. The fourth-order valence-electron chi connectivity index (χ4n) is 1.54. The zero-order chi connectivity index (χ0) is 13.1. The quantitative estimate of drug-likeness (QED) is 0.650. The molecule has 1 amide bonds. The molecule has 0 bridgehead atoms. The minimum Gasteiger partial charge on any atom is -0.372 e. The zero-order valence-corrected chi connectivity index (χ0v) is 10.9. The summed E-state index contributed by atoms with van der Waals surface area (Å²) in [7, 11) is 0. The molecule has 0 spiro atoms. The molecular formula is C14H22N2O2. The molecule has 1 aromatic carbocycles. The maximum Gasteiger partial charge on any atom is 0.245 e. The number of nitrogens with one attached hydrogen (secondary N) is 2. The molecular weight excluding hydrogens is 228 g/mol. The number of hydrogen-bond donors (Lipinski definition) is 2. The van der Waals surface area contributed by atoms with Crippen molar-refractivity contribution < 1.29 is 9.53 Å². The van der Waals surface area contributed by atoms with E-state index in [9.17, 15) is 4.79 Å². The summed E-state index contributed by atoms with van der Waals surface area (Å²) >= 11 is 0. The predicted molar refractivity (Wildman–Crippen MR) is 72.3 cm³/mol. The van der Waals surface area contributed by atoms with Gasteiger partial charge < -0.3 is 15.4 Å². The Morgan fingerprint density at radius 2 is 2.06 bits per heavy atom.